The summed E-state index contributed by atoms with van der Waals surface area (Å²) in [5.74, 6) is 1.18. The number of nitrogens with one attached hydrogen (secondary N) is 2. The highest BCUT2D eigenvalue weighted by atomic mass is 16.5. The van der Waals surface area contributed by atoms with Crippen molar-refractivity contribution in [2.45, 2.75) is 19.9 Å². The van der Waals surface area contributed by atoms with Crippen molar-refractivity contribution in [2.24, 2.45) is 0 Å². The van der Waals surface area contributed by atoms with E-state index in [-0.39, 0.29) is 5.91 Å². The van der Waals surface area contributed by atoms with Gasteiger partial charge in [0.1, 0.15) is 6.04 Å². The first-order valence-corrected chi connectivity index (χ1v) is 7.40. The summed E-state index contributed by atoms with van der Waals surface area (Å²) in [5.41, 5.74) is 2.58. The third-order valence-electron chi connectivity index (χ3n) is 3.54. The first-order chi connectivity index (χ1) is 11.0. The first-order valence-electron chi connectivity index (χ1n) is 7.40. The number of para-hydroxylation sites is 1. The number of carbonyl (C=O) groups is 1. The average molecular weight is 314 g/mol. The molecule has 2 aromatic carbocycles. The van der Waals surface area contributed by atoms with Gasteiger partial charge >= 0.3 is 0 Å². The van der Waals surface area contributed by atoms with E-state index in [1.807, 2.05) is 56.3 Å². The van der Waals surface area contributed by atoms with Crippen LogP contribution in [0.5, 0.6) is 11.5 Å². The van der Waals surface area contributed by atoms with Crippen molar-refractivity contribution in [1.29, 1.82) is 0 Å². The second-order valence-electron chi connectivity index (χ2n) is 5.24. The molecule has 122 valence electrons. The number of benzene rings is 2. The quantitative estimate of drug-likeness (QED) is 0.857. The SMILES string of the molecule is COc1cc(C)c(N[C@H](C)C(=O)Nc2ccccc2)cc1OC. The Morgan fingerprint density at radius 3 is 2.26 bits per heavy atom. The highest BCUT2D eigenvalue weighted by Crippen LogP contribution is 2.33. The maximum Gasteiger partial charge on any atom is 0.246 e. The maximum absolute atomic E-state index is 12.3. The molecule has 0 aliphatic heterocycles. The van der Waals surface area contributed by atoms with Crippen molar-refractivity contribution in [2.75, 3.05) is 24.9 Å². The molecule has 0 bridgehead atoms. The molecule has 2 rings (SSSR count). The van der Waals surface area contributed by atoms with E-state index in [2.05, 4.69) is 10.6 Å². The van der Waals surface area contributed by atoms with Gasteiger partial charge in [-0.15, -0.1) is 0 Å². The lowest BCUT2D eigenvalue weighted by molar-refractivity contribution is -0.116. The van der Waals surface area contributed by atoms with Crippen molar-refractivity contribution >= 4 is 17.3 Å². The third-order valence-corrected chi connectivity index (χ3v) is 3.54. The van der Waals surface area contributed by atoms with Gasteiger partial charge in [0.05, 0.1) is 14.2 Å². The van der Waals surface area contributed by atoms with E-state index in [9.17, 15) is 4.79 Å². The standard InChI is InChI=1S/C18H22N2O3/c1-12-10-16(22-3)17(23-4)11-15(12)19-13(2)18(21)20-14-8-6-5-7-9-14/h5-11,13,19H,1-4H3,(H,20,21)/t13-/m1/s1. The summed E-state index contributed by atoms with van der Waals surface area (Å²) in [6.07, 6.45) is 0. The summed E-state index contributed by atoms with van der Waals surface area (Å²) >= 11 is 0. The molecule has 2 N–H and O–H groups in total. The maximum atomic E-state index is 12.3. The number of carbonyl (C=O) groups excluding carboxylic acids is 1. The van der Waals surface area contributed by atoms with Crippen LogP contribution in [0, 0.1) is 6.92 Å². The molecule has 0 fully saturated rings. The Balaban J connectivity index is 2.10. The van der Waals surface area contributed by atoms with E-state index in [1.165, 1.54) is 0 Å². The summed E-state index contributed by atoms with van der Waals surface area (Å²) in [7, 11) is 3.18. The first kappa shape index (κ1) is 16.7. The van der Waals surface area contributed by atoms with Crippen LogP contribution in [0.15, 0.2) is 42.5 Å². The molecule has 0 heterocycles. The average Bonchev–Trinajstić information content (AvgIpc) is 2.57. The number of amides is 1. The molecule has 1 atom stereocenters. The fraction of sp³-hybridized carbons (Fsp3) is 0.278. The number of anilines is 2. The fourth-order valence-electron chi connectivity index (χ4n) is 2.21. The van der Waals surface area contributed by atoms with Crippen LogP contribution in [0.2, 0.25) is 0 Å². The van der Waals surface area contributed by atoms with Crippen LogP contribution >= 0.6 is 0 Å². The molecular weight excluding hydrogens is 292 g/mol. The van der Waals surface area contributed by atoms with Gasteiger partial charge in [0, 0.05) is 17.4 Å². The zero-order chi connectivity index (χ0) is 16.8. The number of rotatable bonds is 6. The predicted molar refractivity (Wildman–Crippen MR) is 92.4 cm³/mol. The molecule has 2 aromatic rings. The summed E-state index contributed by atoms with van der Waals surface area (Å²) in [6, 6.07) is 12.7. The van der Waals surface area contributed by atoms with Gasteiger partial charge in [-0.1, -0.05) is 18.2 Å². The molecule has 5 nitrogen and oxygen atoms in total. The van der Waals surface area contributed by atoms with Gasteiger partial charge in [0.15, 0.2) is 11.5 Å². The molecule has 0 radical (unpaired) electrons. The number of hydrogen-bond acceptors (Lipinski definition) is 4. The third kappa shape index (κ3) is 4.16. The molecule has 0 saturated heterocycles. The van der Waals surface area contributed by atoms with Crippen LogP contribution in [0.4, 0.5) is 11.4 Å². The van der Waals surface area contributed by atoms with Gasteiger partial charge in [0.25, 0.3) is 0 Å². The van der Waals surface area contributed by atoms with Crippen LogP contribution in [-0.2, 0) is 4.79 Å². The van der Waals surface area contributed by atoms with Crippen LogP contribution < -0.4 is 20.1 Å². The Bertz CT molecular complexity index is 671. The largest absolute Gasteiger partial charge is 0.493 e. The molecule has 0 saturated carbocycles. The second kappa shape index (κ2) is 7.54. The van der Waals surface area contributed by atoms with E-state index in [0.29, 0.717) is 11.5 Å². The minimum atomic E-state index is -0.396. The second-order valence-corrected chi connectivity index (χ2v) is 5.24. The van der Waals surface area contributed by atoms with Crippen molar-refractivity contribution in [3.05, 3.63) is 48.0 Å². The molecule has 0 unspecified atom stereocenters. The normalized spacial score (nSPS) is 11.5. The van der Waals surface area contributed by atoms with Crippen molar-refractivity contribution in [3.63, 3.8) is 0 Å². The van der Waals surface area contributed by atoms with Gasteiger partial charge in [0.2, 0.25) is 5.91 Å². The van der Waals surface area contributed by atoms with Crippen LogP contribution in [-0.4, -0.2) is 26.2 Å². The Hall–Kier alpha value is -2.69. The van der Waals surface area contributed by atoms with Crippen LogP contribution in [0.25, 0.3) is 0 Å². The molecule has 0 aromatic heterocycles. The monoisotopic (exact) mass is 314 g/mol. The molecule has 5 heteroatoms. The molecular formula is C18H22N2O3. The van der Waals surface area contributed by atoms with Crippen LogP contribution in [0.3, 0.4) is 0 Å². The Labute approximate surface area is 136 Å². The molecule has 0 aliphatic rings. The Morgan fingerprint density at radius 1 is 1.04 bits per heavy atom. The van der Waals surface area contributed by atoms with E-state index in [0.717, 1.165) is 16.9 Å². The Kier molecular flexibility index (Phi) is 5.46. The number of hydrogen-bond donors (Lipinski definition) is 2. The van der Waals surface area contributed by atoms with Crippen molar-refractivity contribution in [3.8, 4) is 11.5 Å². The number of ether oxygens (including phenoxy) is 2. The van der Waals surface area contributed by atoms with E-state index in [4.69, 9.17) is 9.47 Å². The minimum Gasteiger partial charge on any atom is -0.493 e. The van der Waals surface area contributed by atoms with Gasteiger partial charge in [-0.2, -0.15) is 0 Å². The smallest absolute Gasteiger partial charge is 0.246 e. The Morgan fingerprint density at radius 2 is 1.65 bits per heavy atom. The minimum absolute atomic E-state index is 0.106. The number of methoxy groups -OCH3 is 2. The highest BCUT2D eigenvalue weighted by molar-refractivity contribution is 5.96. The molecule has 0 aliphatic carbocycles. The molecule has 0 spiro atoms. The zero-order valence-electron chi connectivity index (χ0n) is 13.8. The van der Waals surface area contributed by atoms with Crippen molar-refractivity contribution in [1.82, 2.24) is 0 Å². The van der Waals surface area contributed by atoms with Crippen molar-refractivity contribution < 1.29 is 14.3 Å². The summed E-state index contributed by atoms with van der Waals surface area (Å²) in [5, 5.41) is 6.08. The summed E-state index contributed by atoms with van der Waals surface area (Å²) in [6.45, 7) is 3.76. The summed E-state index contributed by atoms with van der Waals surface area (Å²) in [4.78, 5) is 12.3. The summed E-state index contributed by atoms with van der Waals surface area (Å²) < 4.78 is 10.6. The van der Waals surface area contributed by atoms with E-state index >= 15 is 0 Å². The topological polar surface area (TPSA) is 59.6 Å². The zero-order valence-corrected chi connectivity index (χ0v) is 13.8. The van der Waals surface area contributed by atoms with Gasteiger partial charge in [-0.25, -0.2) is 0 Å². The lowest BCUT2D eigenvalue weighted by atomic mass is 10.1. The van der Waals surface area contributed by atoms with Crippen LogP contribution in [0.1, 0.15) is 12.5 Å². The van der Waals surface area contributed by atoms with E-state index in [1.54, 1.807) is 14.2 Å². The predicted octanol–water partition coefficient (Wildman–Crippen LogP) is 3.45. The van der Waals surface area contributed by atoms with Gasteiger partial charge < -0.3 is 20.1 Å². The fourth-order valence-corrected chi connectivity index (χ4v) is 2.21. The lowest BCUT2D eigenvalue weighted by Crippen LogP contribution is -2.32. The molecule has 23 heavy (non-hydrogen) atoms. The molecule has 1 amide bonds. The van der Waals surface area contributed by atoms with E-state index < -0.39 is 6.04 Å². The lowest BCUT2D eigenvalue weighted by Gasteiger charge is -2.18. The van der Waals surface area contributed by atoms with Gasteiger partial charge in [-0.3, -0.25) is 4.79 Å². The highest BCUT2D eigenvalue weighted by Gasteiger charge is 2.15. The van der Waals surface area contributed by atoms with Gasteiger partial charge in [-0.05, 0) is 37.6 Å². The number of aryl methyl sites for hydroxylation is 1.